The van der Waals surface area contributed by atoms with Crippen molar-refractivity contribution in [2.45, 2.75) is 45.3 Å². The zero-order valence-corrected chi connectivity index (χ0v) is 23.2. The van der Waals surface area contributed by atoms with Crippen LogP contribution in [0.25, 0.3) is 0 Å². The molecule has 1 aromatic heterocycles. The highest BCUT2D eigenvalue weighted by molar-refractivity contribution is 7.89. The highest BCUT2D eigenvalue weighted by Crippen LogP contribution is 2.30. The summed E-state index contributed by atoms with van der Waals surface area (Å²) in [6, 6.07) is 17.5. The molecule has 1 aliphatic heterocycles. The Hall–Kier alpha value is -3.37. The van der Waals surface area contributed by atoms with Gasteiger partial charge in [-0.05, 0) is 38.0 Å². The number of piperazine rings is 1. The lowest BCUT2D eigenvalue weighted by molar-refractivity contribution is 0.0748. The lowest BCUT2D eigenvalue weighted by atomic mass is 10.2. The van der Waals surface area contributed by atoms with Gasteiger partial charge in [-0.25, -0.2) is 8.42 Å². The zero-order valence-electron chi connectivity index (χ0n) is 22.4. The smallest absolute Gasteiger partial charge is 0.263 e. The number of aromatic nitrogens is 2. The van der Waals surface area contributed by atoms with Crippen molar-refractivity contribution >= 4 is 21.6 Å². The molecule has 0 unspecified atom stereocenters. The van der Waals surface area contributed by atoms with Crippen molar-refractivity contribution in [3.05, 3.63) is 71.9 Å². The van der Waals surface area contributed by atoms with Gasteiger partial charge in [0.25, 0.3) is 15.9 Å². The summed E-state index contributed by atoms with van der Waals surface area (Å²) in [5.74, 6) is 0.456. The number of benzene rings is 2. The van der Waals surface area contributed by atoms with Gasteiger partial charge in [-0.15, -0.1) is 0 Å². The van der Waals surface area contributed by atoms with Crippen LogP contribution in [0.3, 0.4) is 0 Å². The Morgan fingerprint density at radius 2 is 1.66 bits per heavy atom. The third-order valence-corrected chi connectivity index (χ3v) is 8.46. The predicted molar refractivity (Wildman–Crippen MR) is 148 cm³/mol. The summed E-state index contributed by atoms with van der Waals surface area (Å²) >= 11 is 0. The molecule has 0 saturated carbocycles. The minimum Gasteiger partial charge on any atom is -0.492 e. The Bertz CT molecular complexity index is 1320. The molecule has 3 aromatic rings. The first-order chi connectivity index (χ1) is 18.4. The average molecular weight is 540 g/mol. The Morgan fingerprint density at radius 1 is 0.974 bits per heavy atom. The molecule has 9 nitrogen and oxygen atoms in total. The summed E-state index contributed by atoms with van der Waals surface area (Å²) in [7, 11) is -3.98. The van der Waals surface area contributed by atoms with Gasteiger partial charge in [0.2, 0.25) is 5.03 Å². The molecule has 10 heteroatoms. The quantitative estimate of drug-likeness (QED) is 0.368. The first kappa shape index (κ1) is 27.7. The minimum atomic E-state index is -3.98. The maximum atomic E-state index is 13.8. The number of anilines is 1. The molecule has 0 bridgehead atoms. The van der Waals surface area contributed by atoms with E-state index in [9.17, 15) is 13.2 Å². The third kappa shape index (κ3) is 6.02. The fourth-order valence-electron chi connectivity index (χ4n) is 4.67. The maximum absolute atomic E-state index is 13.8. The average Bonchev–Trinajstić information content (AvgIpc) is 3.38. The van der Waals surface area contributed by atoms with Gasteiger partial charge in [-0.3, -0.25) is 9.48 Å². The number of nitrogens with zero attached hydrogens (tertiary/aromatic N) is 5. The fraction of sp³-hybridized carbons (Fsp3) is 0.429. The van der Waals surface area contributed by atoms with Gasteiger partial charge in [-0.1, -0.05) is 49.4 Å². The number of rotatable bonds is 11. The van der Waals surface area contributed by atoms with Crippen molar-refractivity contribution in [3.8, 4) is 5.75 Å². The van der Waals surface area contributed by atoms with E-state index in [-0.39, 0.29) is 16.5 Å². The van der Waals surface area contributed by atoms with Crippen molar-refractivity contribution in [3.63, 3.8) is 0 Å². The molecule has 0 N–H and O–H groups in total. The summed E-state index contributed by atoms with van der Waals surface area (Å²) in [6.45, 7) is 9.36. The van der Waals surface area contributed by atoms with Crippen LogP contribution in [0.2, 0.25) is 0 Å². The van der Waals surface area contributed by atoms with E-state index >= 15 is 0 Å². The second-order valence-electron chi connectivity index (χ2n) is 9.21. The second kappa shape index (κ2) is 12.4. The summed E-state index contributed by atoms with van der Waals surface area (Å²) in [6.07, 6.45) is 2.36. The van der Waals surface area contributed by atoms with Crippen LogP contribution in [-0.2, 0) is 23.1 Å². The standard InChI is InChI=1S/C28H37N5O4S/c1-4-16-32-22-24(28(34)30(5-2)21-23-12-8-7-9-13-23)27(29-32)38(35,36)33-19-17-31(18-20-33)25-14-10-11-15-26(25)37-6-3/h7-15,22H,4-6,16-21H2,1-3H3. The van der Waals surface area contributed by atoms with E-state index in [1.165, 1.54) is 4.31 Å². The first-order valence-corrected chi connectivity index (χ1v) is 14.7. The molecule has 0 atom stereocenters. The zero-order chi connectivity index (χ0) is 27.1. The fourth-order valence-corrected chi connectivity index (χ4v) is 6.19. The minimum absolute atomic E-state index is 0.125. The molecule has 0 radical (unpaired) electrons. The number of sulfonamides is 1. The van der Waals surface area contributed by atoms with Gasteiger partial charge in [0.15, 0.2) is 0 Å². The number of para-hydroxylation sites is 2. The number of carbonyl (C=O) groups excluding carboxylic acids is 1. The van der Waals surface area contributed by atoms with Crippen molar-refractivity contribution < 1.29 is 17.9 Å². The van der Waals surface area contributed by atoms with Crippen LogP contribution in [-0.4, -0.2) is 72.6 Å². The van der Waals surface area contributed by atoms with Crippen LogP contribution >= 0.6 is 0 Å². The lowest BCUT2D eigenvalue weighted by Crippen LogP contribution is -2.49. The third-order valence-electron chi connectivity index (χ3n) is 6.62. The molecule has 1 saturated heterocycles. The van der Waals surface area contributed by atoms with Crippen LogP contribution < -0.4 is 9.64 Å². The number of carbonyl (C=O) groups is 1. The van der Waals surface area contributed by atoms with Gasteiger partial charge < -0.3 is 14.5 Å². The summed E-state index contributed by atoms with van der Waals surface area (Å²) in [5, 5.41) is 4.25. The molecule has 1 fully saturated rings. The van der Waals surface area contributed by atoms with Gasteiger partial charge in [-0.2, -0.15) is 9.40 Å². The normalized spacial score (nSPS) is 14.4. The second-order valence-corrected chi connectivity index (χ2v) is 11.1. The molecule has 2 heterocycles. The van der Waals surface area contributed by atoms with Crippen molar-refractivity contribution in [2.75, 3.05) is 44.2 Å². The lowest BCUT2D eigenvalue weighted by Gasteiger charge is -2.35. The molecule has 204 valence electrons. The Kier molecular flexibility index (Phi) is 9.06. The predicted octanol–water partition coefficient (Wildman–Crippen LogP) is 3.87. The Morgan fingerprint density at radius 3 is 2.32 bits per heavy atom. The maximum Gasteiger partial charge on any atom is 0.263 e. The SMILES string of the molecule is CCCn1cc(C(=O)N(CC)Cc2ccccc2)c(S(=O)(=O)N2CCN(c3ccccc3OCC)CC2)n1. The van der Waals surface area contributed by atoms with Gasteiger partial charge >= 0.3 is 0 Å². The van der Waals surface area contributed by atoms with E-state index in [2.05, 4.69) is 10.00 Å². The molecule has 4 rings (SSSR count). The van der Waals surface area contributed by atoms with Crippen LogP contribution in [0.4, 0.5) is 5.69 Å². The molecular weight excluding hydrogens is 502 g/mol. The molecule has 1 amide bonds. The van der Waals surface area contributed by atoms with Gasteiger partial charge in [0.1, 0.15) is 5.75 Å². The first-order valence-electron chi connectivity index (χ1n) is 13.3. The molecule has 2 aromatic carbocycles. The number of hydrogen-bond donors (Lipinski definition) is 0. The van der Waals surface area contributed by atoms with E-state index < -0.39 is 10.0 Å². The van der Waals surface area contributed by atoms with E-state index in [1.54, 1.807) is 15.8 Å². The number of hydrogen-bond acceptors (Lipinski definition) is 6. The highest BCUT2D eigenvalue weighted by Gasteiger charge is 2.36. The van der Waals surface area contributed by atoms with Gasteiger partial charge in [0, 0.05) is 52.0 Å². The molecule has 1 aliphatic rings. The Labute approximate surface area is 225 Å². The summed E-state index contributed by atoms with van der Waals surface area (Å²) in [4.78, 5) is 17.4. The monoisotopic (exact) mass is 539 g/mol. The van der Waals surface area contributed by atoms with E-state index in [1.807, 2.05) is 75.4 Å². The van der Waals surface area contributed by atoms with Crippen molar-refractivity contribution in [2.24, 2.45) is 0 Å². The highest BCUT2D eigenvalue weighted by atomic mass is 32.2. The van der Waals surface area contributed by atoms with E-state index in [0.29, 0.717) is 52.4 Å². The molecular formula is C28H37N5O4S. The molecule has 0 spiro atoms. The van der Waals surface area contributed by atoms with Crippen LogP contribution in [0.15, 0.2) is 65.8 Å². The topological polar surface area (TPSA) is 88.0 Å². The Balaban J connectivity index is 1.57. The number of aryl methyl sites for hydroxylation is 1. The largest absolute Gasteiger partial charge is 0.492 e. The van der Waals surface area contributed by atoms with E-state index in [4.69, 9.17) is 4.74 Å². The van der Waals surface area contributed by atoms with Gasteiger partial charge in [0.05, 0.1) is 17.9 Å². The van der Waals surface area contributed by atoms with Crippen LogP contribution in [0.5, 0.6) is 5.75 Å². The molecule has 0 aliphatic carbocycles. The summed E-state index contributed by atoms with van der Waals surface area (Å²) in [5.41, 5.74) is 2.06. The van der Waals surface area contributed by atoms with E-state index in [0.717, 1.165) is 23.4 Å². The van der Waals surface area contributed by atoms with Crippen molar-refractivity contribution in [1.82, 2.24) is 19.0 Å². The van der Waals surface area contributed by atoms with Crippen LogP contribution in [0, 0.1) is 0 Å². The number of amides is 1. The summed E-state index contributed by atoms with van der Waals surface area (Å²) < 4.78 is 36.5. The van der Waals surface area contributed by atoms with Crippen molar-refractivity contribution in [1.29, 1.82) is 0 Å². The van der Waals surface area contributed by atoms with Crippen LogP contribution in [0.1, 0.15) is 43.1 Å². The molecule has 38 heavy (non-hydrogen) atoms. The number of ether oxygens (including phenoxy) is 1.